The molecule has 204 valence electrons. The van der Waals surface area contributed by atoms with E-state index in [1.54, 1.807) is 0 Å². The highest BCUT2D eigenvalue weighted by Crippen LogP contribution is 2.44. The van der Waals surface area contributed by atoms with E-state index in [9.17, 15) is 4.79 Å². The highest BCUT2D eigenvalue weighted by atomic mass is 28.4. The first-order valence-electron chi connectivity index (χ1n) is 14.4. The van der Waals surface area contributed by atoms with E-state index in [0.717, 1.165) is 49.0 Å². The van der Waals surface area contributed by atoms with Crippen LogP contribution >= 0.6 is 0 Å². The number of hydrogen-bond donors (Lipinski definition) is 0. The van der Waals surface area contributed by atoms with E-state index in [1.807, 2.05) is 0 Å². The van der Waals surface area contributed by atoms with Crippen LogP contribution < -0.4 is 0 Å². The monoisotopic (exact) mass is 532 g/mol. The highest BCUT2D eigenvalue weighted by Gasteiger charge is 2.49. The van der Waals surface area contributed by atoms with Gasteiger partial charge in [0.15, 0.2) is 16.6 Å². The minimum Gasteiger partial charge on any atom is -0.414 e. The lowest BCUT2D eigenvalue weighted by atomic mass is 10.1. The second kappa shape index (κ2) is 16.1. The van der Waals surface area contributed by atoms with E-state index >= 15 is 0 Å². The third-order valence-electron chi connectivity index (χ3n) is 8.87. The van der Waals surface area contributed by atoms with Crippen LogP contribution in [0.5, 0.6) is 0 Å². The van der Waals surface area contributed by atoms with E-state index in [1.165, 1.54) is 0 Å². The van der Waals surface area contributed by atoms with Gasteiger partial charge in [0.25, 0.3) is 0 Å². The van der Waals surface area contributed by atoms with E-state index in [0.29, 0.717) is 29.7 Å². The lowest BCUT2D eigenvalue weighted by Gasteiger charge is -2.47. The van der Waals surface area contributed by atoms with Crippen LogP contribution in [0.1, 0.15) is 95.9 Å². The van der Waals surface area contributed by atoms with Crippen molar-refractivity contribution in [2.45, 2.75) is 161 Å². The van der Waals surface area contributed by atoms with Crippen LogP contribution in [0.4, 0.5) is 0 Å². The Morgan fingerprint density at radius 2 is 1.03 bits per heavy atom. The average Bonchev–Trinajstić information content (AvgIpc) is 2.82. The van der Waals surface area contributed by atoms with Crippen LogP contribution in [-0.4, -0.2) is 50.1 Å². The zero-order chi connectivity index (χ0) is 26.6. The zero-order valence-corrected chi connectivity index (χ0v) is 28.0. The van der Waals surface area contributed by atoms with Crippen molar-refractivity contribution in [3.63, 3.8) is 0 Å². The Kier molecular flexibility index (Phi) is 16.2. The Morgan fingerprint density at radius 1 is 0.618 bits per heavy atom. The van der Waals surface area contributed by atoms with Gasteiger partial charge in [0, 0.05) is 6.42 Å². The predicted octanol–water partition coefficient (Wildman–Crippen LogP) is 8.94. The third-order valence-corrected chi connectivity index (χ3v) is 24.3. The van der Waals surface area contributed by atoms with Crippen LogP contribution in [-0.2, 0) is 18.1 Å². The van der Waals surface area contributed by atoms with Gasteiger partial charge >= 0.3 is 0 Å². The molecule has 0 aliphatic heterocycles. The fourth-order valence-corrected chi connectivity index (χ4v) is 17.2. The number of carbonyl (C=O) groups is 1. The first kappa shape index (κ1) is 34.2. The molecule has 0 spiro atoms. The molecule has 0 radical (unpaired) electrons. The van der Waals surface area contributed by atoms with Crippen LogP contribution in [0.2, 0.25) is 52.9 Å². The van der Waals surface area contributed by atoms with Gasteiger partial charge in [-0.05, 0) is 59.3 Å². The molecular formula is C27H60O4Si3. The standard InChI is InChI=1S/C27H60O4Si3/c1-13-32(14-2,15-3)29-22-27(31-34(23(7)8,24(9)10)25(11)12)26(20-19-21-28)30-33(16-4,17-5)18-6/h21,23-27H,13-20,22H2,1-12H3/t26-,27-/m1/s1. The molecule has 0 aliphatic rings. The molecule has 7 heteroatoms. The van der Waals surface area contributed by atoms with E-state index in [4.69, 9.17) is 13.3 Å². The van der Waals surface area contributed by atoms with Crippen molar-refractivity contribution in [1.29, 1.82) is 0 Å². The summed E-state index contributed by atoms with van der Waals surface area (Å²) in [5.41, 5.74) is 1.49. The summed E-state index contributed by atoms with van der Waals surface area (Å²) in [5.74, 6) is 0. The van der Waals surface area contributed by atoms with Crippen molar-refractivity contribution >= 4 is 31.2 Å². The van der Waals surface area contributed by atoms with Gasteiger partial charge in [0.1, 0.15) is 6.29 Å². The molecule has 2 atom stereocenters. The van der Waals surface area contributed by atoms with Crippen molar-refractivity contribution in [1.82, 2.24) is 0 Å². The maximum Gasteiger partial charge on any atom is 0.201 e. The van der Waals surface area contributed by atoms with Crippen LogP contribution in [0.25, 0.3) is 0 Å². The zero-order valence-electron chi connectivity index (χ0n) is 25.0. The molecule has 0 amide bonds. The Hall–Kier alpha value is 0.201. The van der Waals surface area contributed by atoms with Crippen molar-refractivity contribution in [2.24, 2.45) is 0 Å². The molecule has 0 rings (SSSR count). The molecule has 0 fully saturated rings. The van der Waals surface area contributed by atoms with Gasteiger partial charge in [0.05, 0.1) is 18.8 Å². The molecule has 0 unspecified atom stereocenters. The summed E-state index contributed by atoms with van der Waals surface area (Å²) in [5, 5.41) is 0. The van der Waals surface area contributed by atoms with E-state index in [2.05, 4.69) is 83.1 Å². The van der Waals surface area contributed by atoms with Crippen LogP contribution in [0, 0.1) is 0 Å². The summed E-state index contributed by atoms with van der Waals surface area (Å²) < 4.78 is 21.4. The Morgan fingerprint density at radius 3 is 1.35 bits per heavy atom. The largest absolute Gasteiger partial charge is 0.414 e. The Bertz CT molecular complexity index is 508. The highest BCUT2D eigenvalue weighted by molar-refractivity contribution is 6.77. The smallest absolute Gasteiger partial charge is 0.201 e. The molecule has 0 bridgehead atoms. The van der Waals surface area contributed by atoms with Gasteiger partial charge in [0.2, 0.25) is 8.32 Å². The second-order valence-corrected chi connectivity index (χ2v) is 26.1. The maximum absolute atomic E-state index is 11.5. The van der Waals surface area contributed by atoms with Gasteiger partial charge < -0.3 is 18.1 Å². The number of carbonyl (C=O) groups excluding carboxylic acids is 1. The van der Waals surface area contributed by atoms with E-state index < -0.39 is 25.0 Å². The number of aldehydes is 1. The van der Waals surface area contributed by atoms with Gasteiger partial charge in [-0.3, -0.25) is 0 Å². The summed E-state index contributed by atoms with van der Waals surface area (Å²) in [6.07, 6.45) is 2.11. The molecule has 0 saturated heterocycles. The summed E-state index contributed by atoms with van der Waals surface area (Å²) in [7, 11) is -5.79. The molecule has 0 N–H and O–H groups in total. The topological polar surface area (TPSA) is 44.8 Å². The minimum atomic E-state index is -2.14. The Balaban J connectivity index is 6.49. The van der Waals surface area contributed by atoms with Crippen molar-refractivity contribution in [3.8, 4) is 0 Å². The fourth-order valence-electron chi connectivity index (χ4n) is 6.08. The molecule has 0 saturated carbocycles. The molecular weight excluding hydrogens is 473 g/mol. The molecule has 0 aromatic rings. The number of rotatable bonds is 20. The van der Waals surface area contributed by atoms with Crippen molar-refractivity contribution < 1.29 is 18.1 Å². The van der Waals surface area contributed by atoms with Crippen LogP contribution in [0.3, 0.4) is 0 Å². The second-order valence-electron chi connectivity index (χ2n) is 11.2. The molecule has 0 heterocycles. The predicted molar refractivity (Wildman–Crippen MR) is 156 cm³/mol. The Labute approximate surface area is 216 Å². The first-order chi connectivity index (χ1) is 15.9. The summed E-state index contributed by atoms with van der Waals surface area (Å²) in [4.78, 5) is 11.5. The first-order valence-corrected chi connectivity index (χ1v) is 21.6. The number of hydrogen-bond acceptors (Lipinski definition) is 4. The van der Waals surface area contributed by atoms with Gasteiger partial charge in [-0.1, -0.05) is 83.1 Å². The van der Waals surface area contributed by atoms with Crippen molar-refractivity contribution in [3.05, 3.63) is 0 Å². The van der Waals surface area contributed by atoms with E-state index in [-0.39, 0.29) is 12.2 Å². The lowest BCUT2D eigenvalue weighted by Crippen LogP contribution is -2.56. The molecule has 0 aromatic heterocycles. The normalized spacial score (nSPS) is 15.4. The maximum atomic E-state index is 11.5. The molecule has 34 heavy (non-hydrogen) atoms. The molecule has 0 aliphatic carbocycles. The summed E-state index contributed by atoms with van der Waals surface area (Å²) >= 11 is 0. The van der Waals surface area contributed by atoms with Crippen molar-refractivity contribution in [2.75, 3.05) is 6.61 Å². The average molecular weight is 533 g/mol. The fraction of sp³-hybridized carbons (Fsp3) is 0.963. The molecule has 4 nitrogen and oxygen atoms in total. The summed E-state index contributed by atoms with van der Waals surface area (Å²) in [6.45, 7) is 28.4. The van der Waals surface area contributed by atoms with Gasteiger partial charge in [-0.25, -0.2) is 0 Å². The lowest BCUT2D eigenvalue weighted by molar-refractivity contribution is -0.108. The molecule has 0 aromatic carbocycles. The van der Waals surface area contributed by atoms with Gasteiger partial charge in [-0.15, -0.1) is 0 Å². The quantitative estimate of drug-likeness (QED) is 0.116. The summed E-state index contributed by atoms with van der Waals surface area (Å²) in [6, 6.07) is 6.69. The minimum absolute atomic E-state index is 0.0721. The van der Waals surface area contributed by atoms with Crippen LogP contribution in [0.15, 0.2) is 0 Å². The third kappa shape index (κ3) is 8.65. The SMILES string of the molecule is CC[Si](CC)(CC)OC[C@@H](O[Si](C(C)C)(C(C)C)C(C)C)[C@@H](CCC=O)O[Si](CC)(CC)CC. The van der Waals surface area contributed by atoms with Gasteiger partial charge in [-0.2, -0.15) is 0 Å².